The van der Waals surface area contributed by atoms with Gasteiger partial charge < -0.3 is 15.7 Å². The molecule has 0 saturated heterocycles. The molecule has 0 aliphatic carbocycles. The van der Waals surface area contributed by atoms with E-state index in [4.69, 9.17) is 0 Å². The molecule has 3 N–H and O–H groups in total. The SMILES string of the molecule is CCCCCNC(CC(=O)Nc1nc(-c2ccc(C)cc2)cs1)C(=O)O. The number of nitrogens with one attached hydrogen (secondary N) is 2. The number of aliphatic carboxylic acids is 1. The quantitative estimate of drug-likeness (QED) is 0.551. The van der Waals surface area contributed by atoms with Crippen LogP contribution in [0.5, 0.6) is 0 Å². The average Bonchev–Trinajstić information content (AvgIpc) is 3.06. The fourth-order valence-electron chi connectivity index (χ4n) is 2.44. The summed E-state index contributed by atoms with van der Waals surface area (Å²) in [6.07, 6.45) is 2.87. The highest BCUT2D eigenvalue weighted by molar-refractivity contribution is 7.14. The van der Waals surface area contributed by atoms with Gasteiger partial charge in [0.05, 0.1) is 12.1 Å². The van der Waals surface area contributed by atoms with E-state index in [1.165, 1.54) is 16.9 Å². The number of carboxylic acid groups (broad SMARTS) is 1. The molecule has 140 valence electrons. The summed E-state index contributed by atoms with van der Waals surface area (Å²) in [5, 5.41) is 17.2. The number of carbonyl (C=O) groups excluding carboxylic acids is 1. The van der Waals surface area contributed by atoms with Gasteiger partial charge in [0, 0.05) is 10.9 Å². The van der Waals surface area contributed by atoms with Gasteiger partial charge in [-0.3, -0.25) is 9.59 Å². The predicted molar refractivity (Wildman–Crippen MR) is 104 cm³/mol. The summed E-state index contributed by atoms with van der Waals surface area (Å²) in [5.74, 6) is -1.37. The van der Waals surface area contributed by atoms with E-state index in [2.05, 4.69) is 22.5 Å². The Labute approximate surface area is 157 Å². The van der Waals surface area contributed by atoms with Crippen LogP contribution in [-0.4, -0.2) is 34.6 Å². The molecule has 0 fully saturated rings. The van der Waals surface area contributed by atoms with Crippen molar-refractivity contribution < 1.29 is 14.7 Å². The number of hydrogen-bond donors (Lipinski definition) is 3. The highest BCUT2D eigenvalue weighted by atomic mass is 32.1. The Morgan fingerprint density at radius 3 is 2.62 bits per heavy atom. The number of anilines is 1. The fraction of sp³-hybridized carbons (Fsp3) is 0.421. The van der Waals surface area contributed by atoms with E-state index in [0.717, 1.165) is 30.5 Å². The fourth-order valence-corrected chi connectivity index (χ4v) is 3.18. The molecule has 1 heterocycles. The molecule has 0 aliphatic heterocycles. The van der Waals surface area contributed by atoms with Gasteiger partial charge in [-0.15, -0.1) is 11.3 Å². The molecule has 1 aromatic heterocycles. The van der Waals surface area contributed by atoms with Gasteiger partial charge in [0.1, 0.15) is 6.04 Å². The second-order valence-corrected chi connectivity index (χ2v) is 7.07. The number of amides is 1. The van der Waals surface area contributed by atoms with Crippen molar-refractivity contribution in [2.24, 2.45) is 0 Å². The zero-order chi connectivity index (χ0) is 18.9. The standard InChI is InChI=1S/C19H25N3O3S/c1-3-4-5-10-20-15(18(24)25)11-17(23)22-19-21-16(12-26-19)14-8-6-13(2)7-9-14/h6-9,12,15,20H,3-5,10-11H2,1-2H3,(H,24,25)(H,21,22,23). The smallest absolute Gasteiger partial charge is 0.321 e. The number of aromatic nitrogens is 1. The minimum Gasteiger partial charge on any atom is -0.480 e. The molecule has 0 spiro atoms. The summed E-state index contributed by atoms with van der Waals surface area (Å²) in [6.45, 7) is 4.69. The molecule has 0 radical (unpaired) electrons. The van der Waals surface area contributed by atoms with E-state index in [9.17, 15) is 14.7 Å². The molecule has 1 atom stereocenters. The van der Waals surface area contributed by atoms with Crippen molar-refractivity contribution >= 4 is 28.3 Å². The number of benzene rings is 1. The van der Waals surface area contributed by atoms with Gasteiger partial charge in [0.15, 0.2) is 5.13 Å². The highest BCUT2D eigenvalue weighted by Gasteiger charge is 2.21. The first-order chi connectivity index (χ1) is 12.5. The van der Waals surface area contributed by atoms with Crippen LogP contribution in [0.3, 0.4) is 0 Å². The van der Waals surface area contributed by atoms with Crippen LogP contribution < -0.4 is 10.6 Å². The van der Waals surface area contributed by atoms with Crippen LogP contribution in [0.2, 0.25) is 0 Å². The summed E-state index contributed by atoms with van der Waals surface area (Å²) in [6, 6.07) is 7.10. The van der Waals surface area contributed by atoms with Crippen molar-refractivity contribution in [3.63, 3.8) is 0 Å². The Hall–Kier alpha value is -2.25. The minimum atomic E-state index is -1.02. The number of hydrogen-bond acceptors (Lipinski definition) is 5. The number of unbranched alkanes of at least 4 members (excludes halogenated alkanes) is 2. The molecule has 7 heteroatoms. The van der Waals surface area contributed by atoms with Crippen molar-refractivity contribution in [3.05, 3.63) is 35.2 Å². The van der Waals surface area contributed by atoms with Crippen LogP contribution in [0.25, 0.3) is 11.3 Å². The normalized spacial score (nSPS) is 11.9. The van der Waals surface area contributed by atoms with Gasteiger partial charge in [-0.1, -0.05) is 49.6 Å². The molecular weight excluding hydrogens is 350 g/mol. The Bertz CT molecular complexity index is 728. The van der Waals surface area contributed by atoms with E-state index in [1.54, 1.807) is 0 Å². The topological polar surface area (TPSA) is 91.3 Å². The number of rotatable bonds is 10. The van der Waals surface area contributed by atoms with Gasteiger partial charge >= 0.3 is 5.97 Å². The lowest BCUT2D eigenvalue weighted by molar-refractivity contribution is -0.141. The predicted octanol–water partition coefficient (Wildman–Crippen LogP) is 3.68. The molecule has 2 rings (SSSR count). The second kappa shape index (κ2) is 10.0. The molecule has 0 bridgehead atoms. The second-order valence-electron chi connectivity index (χ2n) is 6.21. The van der Waals surface area contributed by atoms with E-state index >= 15 is 0 Å². The van der Waals surface area contributed by atoms with Crippen molar-refractivity contribution in [1.29, 1.82) is 0 Å². The van der Waals surface area contributed by atoms with Crippen molar-refractivity contribution in [3.8, 4) is 11.3 Å². The van der Waals surface area contributed by atoms with Crippen LogP contribution in [0.4, 0.5) is 5.13 Å². The molecule has 1 aromatic carbocycles. The summed E-state index contributed by atoms with van der Waals surface area (Å²) in [5.41, 5.74) is 2.94. The van der Waals surface area contributed by atoms with E-state index < -0.39 is 12.0 Å². The third kappa shape index (κ3) is 6.24. The van der Waals surface area contributed by atoms with E-state index in [-0.39, 0.29) is 12.3 Å². The molecule has 0 saturated carbocycles. The minimum absolute atomic E-state index is 0.124. The number of carboxylic acids is 1. The van der Waals surface area contributed by atoms with Crippen LogP contribution in [0.1, 0.15) is 38.2 Å². The van der Waals surface area contributed by atoms with Crippen LogP contribution in [0.15, 0.2) is 29.6 Å². The largest absolute Gasteiger partial charge is 0.480 e. The Kier molecular flexibility index (Phi) is 7.74. The first-order valence-corrected chi connectivity index (χ1v) is 9.66. The lowest BCUT2D eigenvalue weighted by atomic mass is 10.1. The zero-order valence-electron chi connectivity index (χ0n) is 15.1. The molecular formula is C19H25N3O3S. The summed E-state index contributed by atoms with van der Waals surface area (Å²) in [4.78, 5) is 27.9. The third-order valence-electron chi connectivity index (χ3n) is 3.96. The third-order valence-corrected chi connectivity index (χ3v) is 4.71. The maximum atomic E-state index is 12.2. The van der Waals surface area contributed by atoms with Gasteiger partial charge in [-0.25, -0.2) is 4.98 Å². The van der Waals surface area contributed by atoms with Gasteiger partial charge in [-0.05, 0) is 19.9 Å². The Balaban J connectivity index is 1.90. The van der Waals surface area contributed by atoms with Crippen molar-refractivity contribution in [1.82, 2.24) is 10.3 Å². The van der Waals surface area contributed by atoms with Gasteiger partial charge in [-0.2, -0.15) is 0 Å². The summed E-state index contributed by atoms with van der Waals surface area (Å²) in [7, 11) is 0. The maximum absolute atomic E-state index is 12.2. The first-order valence-electron chi connectivity index (χ1n) is 8.78. The summed E-state index contributed by atoms with van der Waals surface area (Å²) < 4.78 is 0. The summed E-state index contributed by atoms with van der Waals surface area (Å²) >= 11 is 1.33. The molecule has 1 amide bonds. The van der Waals surface area contributed by atoms with Gasteiger partial charge in [0.25, 0.3) is 0 Å². The molecule has 0 aliphatic rings. The van der Waals surface area contributed by atoms with E-state index in [0.29, 0.717) is 11.7 Å². The Morgan fingerprint density at radius 2 is 1.96 bits per heavy atom. The van der Waals surface area contributed by atoms with Crippen molar-refractivity contribution in [2.75, 3.05) is 11.9 Å². The molecule has 6 nitrogen and oxygen atoms in total. The molecule has 26 heavy (non-hydrogen) atoms. The zero-order valence-corrected chi connectivity index (χ0v) is 15.9. The number of thiazole rings is 1. The highest BCUT2D eigenvalue weighted by Crippen LogP contribution is 2.25. The van der Waals surface area contributed by atoms with Crippen molar-refractivity contribution in [2.45, 2.75) is 45.6 Å². The molecule has 1 unspecified atom stereocenters. The van der Waals surface area contributed by atoms with Crippen LogP contribution >= 0.6 is 11.3 Å². The number of carbonyl (C=O) groups is 2. The van der Waals surface area contributed by atoms with Crippen LogP contribution in [0, 0.1) is 6.92 Å². The molecule has 2 aromatic rings. The first kappa shape index (κ1) is 20.1. The lowest BCUT2D eigenvalue weighted by Gasteiger charge is -2.13. The van der Waals surface area contributed by atoms with E-state index in [1.807, 2.05) is 36.6 Å². The Morgan fingerprint density at radius 1 is 1.23 bits per heavy atom. The maximum Gasteiger partial charge on any atom is 0.321 e. The lowest BCUT2D eigenvalue weighted by Crippen LogP contribution is -2.40. The number of aryl methyl sites for hydroxylation is 1. The average molecular weight is 375 g/mol. The van der Waals surface area contributed by atoms with Crippen LogP contribution in [-0.2, 0) is 9.59 Å². The van der Waals surface area contributed by atoms with Gasteiger partial charge in [0.2, 0.25) is 5.91 Å². The monoisotopic (exact) mass is 375 g/mol. The number of nitrogens with zero attached hydrogens (tertiary/aromatic N) is 1.